The van der Waals surface area contributed by atoms with Crippen LogP contribution in [0.25, 0.3) is 0 Å². The van der Waals surface area contributed by atoms with E-state index in [0.29, 0.717) is 11.1 Å². The van der Waals surface area contributed by atoms with Crippen LogP contribution in [0.1, 0.15) is 33.4 Å². The first-order chi connectivity index (χ1) is 18.4. The molecule has 0 radical (unpaired) electrons. The Labute approximate surface area is 223 Å². The van der Waals surface area contributed by atoms with E-state index in [1.165, 1.54) is 23.5 Å². The van der Waals surface area contributed by atoms with Crippen molar-refractivity contribution < 1.29 is 18.0 Å². The molecule has 0 saturated carbocycles. The molecule has 6 nitrogen and oxygen atoms in total. The Morgan fingerprint density at radius 2 is 1.16 bits per heavy atom. The number of carbonyl (C=O) groups is 2. The van der Waals surface area contributed by atoms with Gasteiger partial charge in [0, 0.05) is 18.5 Å². The van der Waals surface area contributed by atoms with Crippen LogP contribution in [0.4, 0.5) is 0 Å². The van der Waals surface area contributed by atoms with Crippen molar-refractivity contribution >= 4 is 21.7 Å². The predicted octanol–water partition coefficient (Wildman–Crippen LogP) is 4.83. The number of Topliss-reactive ketones (excluding diaryl/α,β-unsaturated/α-hetero) is 1. The largest absolute Gasteiger partial charge is 0.358 e. The van der Waals surface area contributed by atoms with Crippen LogP contribution in [0.3, 0.4) is 0 Å². The highest BCUT2D eigenvalue weighted by atomic mass is 32.2. The first kappa shape index (κ1) is 25.6. The molecule has 7 heteroatoms. The van der Waals surface area contributed by atoms with Crippen molar-refractivity contribution in [2.24, 2.45) is 5.92 Å². The fraction of sp³-hybridized carbons (Fsp3) is 0.161. The Bertz CT molecular complexity index is 1510. The van der Waals surface area contributed by atoms with Gasteiger partial charge in [-0.05, 0) is 23.3 Å². The van der Waals surface area contributed by atoms with Crippen molar-refractivity contribution in [1.29, 1.82) is 0 Å². The van der Waals surface area contributed by atoms with Gasteiger partial charge in [-0.2, -0.15) is 4.31 Å². The molecule has 0 spiro atoms. The van der Waals surface area contributed by atoms with Crippen LogP contribution in [0.5, 0.6) is 0 Å². The van der Waals surface area contributed by atoms with Crippen LogP contribution >= 0.6 is 0 Å². The quantitative estimate of drug-likeness (QED) is 0.351. The molecule has 1 aliphatic heterocycles. The van der Waals surface area contributed by atoms with E-state index in [-0.39, 0.29) is 10.7 Å². The highest BCUT2D eigenvalue weighted by Crippen LogP contribution is 2.53. The van der Waals surface area contributed by atoms with E-state index in [9.17, 15) is 18.0 Å². The lowest BCUT2D eigenvalue weighted by molar-refractivity contribution is -0.124. The summed E-state index contributed by atoms with van der Waals surface area (Å²) in [5.41, 5.74) is 1.84. The van der Waals surface area contributed by atoms with Gasteiger partial charge in [0.2, 0.25) is 15.9 Å². The Balaban J connectivity index is 1.82. The monoisotopic (exact) mass is 524 g/mol. The van der Waals surface area contributed by atoms with Crippen molar-refractivity contribution in [1.82, 2.24) is 9.62 Å². The van der Waals surface area contributed by atoms with Gasteiger partial charge in [0.15, 0.2) is 5.78 Å². The van der Waals surface area contributed by atoms with Gasteiger partial charge in [0.05, 0.1) is 16.9 Å². The number of nitrogens with zero attached hydrogens (tertiary/aromatic N) is 1. The fourth-order valence-corrected chi connectivity index (χ4v) is 7.32. The summed E-state index contributed by atoms with van der Waals surface area (Å²) in [5, 5.41) is 2.68. The maximum absolute atomic E-state index is 14.4. The Morgan fingerprint density at radius 3 is 1.68 bits per heavy atom. The SMILES string of the molecule is CNC(=O)C1C(c2ccccc2)C(C(=O)c2ccccc2)C(c2ccccc2)N1S(=O)(=O)c1ccccc1. The van der Waals surface area contributed by atoms with Gasteiger partial charge < -0.3 is 5.32 Å². The molecule has 5 rings (SSSR count). The van der Waals surface area contributed by atoms with E-state index in [0.717, 1.165) is 5.56 Å². The van der Waals surface area contributed by atoms with Crippen LogP contribution in [0.15, 0.2) is 126 Å². The number of nitrogens with one attached hydrogen (secondary N) is 1. The van der Waals surface area contributed by atoms with Gasteiger partial charge in [0.1, 0.15) is 6.04 Å². The van der Waals surface area contributed by atoms with Gasteiger partial charge in [0.25, 0.3) is 0 Å². The minimum atomic E-state index is -4.21. The number of rotatable bonds is 7. The lowest BCUT2D eigenvalue weighted by Gasteiger charge is -2.30. The van der Waals surface area contributed by atoms with Crippen molar-refractivity contribution in [2.75, 3.05) is 7.05 Å². The Morgan fingerprint density at radius 1 is 0.684 bits per heavy atom. The topological polar surface area (TPSA) is 83.6 Å². The normalized spacial score (nSPS) is 21.6. The number of carbonyl (C=O) groups excluding carboxylic acids is 2. The summed E-state index contributed by atoms with van der Waals surface area (Å²) in [7, 11) is -2.72. The number of ketones is 1. The molecular formula is C31H28N2O4S. The Kier molecular flexibility index (Phi) is 7.22. The molecule has 4 aromatic carbocycles. The summed E-state index contributed by atoms with van der Waals surface area (Å²) in [6.07, 6.45) is 0. The number of sulfonamides is 1. The second kappa shape index (κ2) is 10.7. The van der Waals surface area contributed by atoms with Gasteiger partial charge in [-0.15, -0.1) is 0 Å². The highest BCUT2D eigenvalue weighted by Gasteiger charge is 2.59. The molecule has 1 fully saturated rings. The number of hydrogen-bond acceptors (Lipinski definition) is 4. The first-order valence-corrected chi connectivity index (χ1v) is 13.9. The summed E-state index contributed by atoms with van der Waals surface area (Å²) < 4.78 is 30.0. The predicted molar refractivity (Wildman–Crippen MR) is 146 cm³/mol. The molecule has 192 valence electrons. The summed E-state index contributed by atoms with van der Waals surface area (Å²) in [6.45, 7) is 0. The lowest BCUT2D eigenvalue weighted by atomic mass is 9.76. The summed E-state index contributed by atoms with van der Waals surface area (Å²) in [5.74, 6) is -2.27. The molecule has 1 amide bonds. The average molecular weight is 525 g/mol. The van der Waals surface area contributed by atoms with E-state index in [1.807, 2.05) is 66.7 Å². The molecule has 0 aliphatic carbocycles. The zero-order valence-corrected chi connectivity index (χ0v) is 21.7. The van der Waals surface area contributed by atoms with Crippen LogP contribution in [0.2, 0.25) is 0 Å². The third kappa shape index (κ3) is 4.55. The summed E-state index contributed by atoms with van der Waals surface area (Å²) in [4.78, 5) is 28.0. The van der Waals surface area contributed by atoms with Crippen molar-refractivity contribution in [3.05, 3.63) is 138 Å². The maximum Gasteiger partial charge on any atom is 0.244 e. The summed E-state index contributed by atoms with van der Waals surface area (Å²) >= 11 is 0. The zero-order chi connectivity index (χ0) is 26.7. The second-order valence-corrected chi connectivity index (χ2v) is 11.1. The number of likely N-dealkylation sites (N-methyl/N-ethyl adjacent to an activating group) is 1. The standard InChI is InChI=1S/C31H28N2O4S/c1-32-31(35)29-26(22-14-6-2-7-15-22)27(30(34)24-18-10-4-11-19-24)28(23-16-8-3-9-17-23)33(29)38(36,37)25-20-12-5-13-21-25/h2-21,26-29H,1H3,(H,32,35). The van der Waals surface area contributed by atoms with E-state index >= 15 is 0 Å². The van der Waals surface area contributed by atoms with Gasteiger partial charge in [-0.25, -0.2) is 8.42 Å². The molecule has 0 bridgehead atoms. The number of hydrogen-bond donors (Lipinski definition) is 1. The molecule has 1 N–H and O–H groups in total. The van der Waals surface area contributed by atoms with E-state index in [2.05, 4.69) is 5.32 Å². The average Bonchev–Trinajstić information content (AvgIpc) is 3.35. The molecular weight excluding hydrogens is 496 g/mol. The van der Waals surface area contributed by atoms with E-state index < -0.39 is 39.8 Å². The van der Waals surface area contributed by atoms with Crippen LogP contribution < -0.4 is 5.32 Å². The lowest BCUT2D eigenvalue weighted by Crippen LogP contribution is -2.47. The van der Waals surface area contributed by atoms with Crippen molar-refractivity contribution in [3.63, 3.8) is 0 Å². The molecule has 1 aliphatic rings. The first-order valence-electron chi connectivity index (χ1n) is 12.4. The number of amides is 1. The van der Waals surface area contributed by atoms with Crippen molar-refractivity contribution in [3.8, 4) is 0 Å². The van der Waals surface area contributed by atoms with Gasteiger partial charge in [-0.3, -0.25) is 9.59 Å². The third-order valence-electron chi connectivity index (χ3n) is 7.14. The molecule has 4 unspecified atom stereocenters. The minimum absolute atomic E-state index is 0.0643. The maximum atomic E-state index is 14.4. The second-order valence-electron chi connectivity index (χ2n) is 9.26. The molecule has 1 heterocycles. The van der Waals surface area contributed by atoms with E-state index in [4.69, 9.17) is 0 Å². The van der Waals surface area contributed by atoms with E-state index in [1.54, 1.807) is 42.5 Å². The van der Waals surface area contributed by atoms with Gasteiger partial charge in [-0.1, -0.05) is 109 Å². The van der Waals surface area contributed by atoms with Gasteiger partial charge >= 0.3 is 0 Å². The molecule has 38 heavy (non-hydrogen) atoms. The fourth-order valence-electron chi connectivity index (χ4n) is 5.49. The highest BCUT2D eigenvalue weighted by molar-refractivity contribution is 7.89. The van der Waals surface area contributed by atoms with Crippen molar-refractivity contribution in [2.45, 2.75) is 22.9 Å². The Hall–Kier alpha value is -4.07. The molecule has 4 atom stereocenters. The van der Waals surface area contributed by atoms with Crippen LogP contribution in [-0.2, 0) is 14.8 Å². The number of benzene rings is 4. The molecule has 0 aromatic heterocycles. The van der Waals surface area contributed by atoms with Crippen LogP contribution in [-0.4, -0.2) is 37.5 Å². The molecule has 4 aromatic rings. The molecule has 1 saturated heterocycles. The smallest absolute Gasteiger partial charge is 0.244 e. The zero-order valence-electron chi connectivity index (χ0n) is 20.8. The van der Waals surface area contributed by atoms with Crippen LogP contribution in [0, 0.1) is 5.92 Å². The third-order valence-corrected chi connectivity index (χ3v) is 9.01. The minimum Gasteiger partial charge on any atom is -0.358 e. The summed E-state index contributed by atoms with van der Waals surface area (Å²) in [6, 6.07) is 33.2.